The lowest BCUT2D eigenvalue weighted by atomic mass is 9.95. The number of aromatic nitrogens is 1. The molecule has 0 fully saturated rings. The van der Waals surface area contributed by atoms with Crippen LogP contribution in [0.5, 0.6) is 0 Å². The van der Waals surface area contributed by atoms with Gasteiger partial charge in [-0.3, -0.25) is 0 Å². The Morgan fingerprint density at radius 1 is 0.367 bits per heavy atom. The molecule has 8 aromatic carbocycles. The Kier molecular flexibility index (Phi) is 6.18. The van der Waals surface area contributed by atoms with Crippen LogP contribution in [-0.4, -0.2) is 4.57 Å². The molecule has 0 aliphatic rings. The number of hydrogen-bond acceptors (Lipinski definition) is 2. The molecule has 0 aliphatic carbocycles. The molecule has 3 heteroatoms. The quantitative estimate of drug-likeness (QED) is 0.190. The van der Waals surface area contributed by atoms with Crippen LogP contribution < -0.4 is 4.90 Å². The second-order valence-electron chi connectivity index (χ2n) is 12.5. The van der Waals surface area contributed by atoms with Crippen molar-refractivity contribution in [2.75, 3.05) is 4.90 Å². The minimum atomic E-state index is 0.876. The zero-order valence-corrected chi connectivity index (χ0v) is 26.6. The van der Waals surface area contributed by atoms with Crippen molar-refractivity contribution < 1.29 is 4.42 Å². The summed E-state index contributed by atoms with van der Waals surface area (Å²) in [7, 11) is 0. The molecule has 0 saturated heterocycles. The van der Waals surface area contributed by atoms with E-state index in [-0.39, 0.29) is 0 Å². The van der Waals surface area contributed by atoms with Gasteiger partial charge in [0, 0.05) is 49.9 Å². The first-order valence-electron chi connectivity index (χ1n) is 16.7. The SMILES string of the molecule is c1ccc(N(c2ccc3c(c2)oc2ccccc23)c2ccc(-c3ccccc3-n3c4ccccc4c4ccccc43)c3ccccc23)cc1. The number of hydrogen-bond donors (Lipinski definition) is 0. The van der Waals surface area contributed by atoms with Crippen molar-refractivity contribution in [2.24, 2.45) is 0 Å². The Labute approximate surface area is 283 Å². The topological polar surface area (TPSA) is 21.3 Å². The van der Waals surface area contributed by atoms with Crippen LogP contribution in [0.25, 0.3) is 71.3 Å². The highest BCUT2D eigenvalue weighted by molar-refractivity contribution is 6.12. The first kappa shape index (κ1) is 27.5. The molecule has 2 aromatic heterocycles. The van der Waals surface area contributed by atoms with E-state index in [1.54, 1.807) is 0 Å². The molecule has 2 heterocycles. The van der Waals surface area contributed by atoms with Gasteiger partial charge in [0.25, 0.3) is 0 Å². The van der Waals surface area contributed by atoms with Gasteiger partial charge in [0.15, 0.2) is 0 Å². The first-order chi connectivity index (χ1) is 24.3. The van der Waals surface area contributed by atoms with Crippen molar-refractivity contribution in [2.45, 2.75) is 0 Å². The fraction of sp³-hybridized carbons (Fsp3) is 0. The van der Waals surface area contributed by atoms with E-state index in [0.717, 1.165) is 44.7 Å². The Morgan fingerprint density at radius 2 is 0.959 bits per heavy atom. The van der Waals surface area contributed by atoms with Gasteiger partial charge in [-0.15, -0.1) is 0 Å². The normalized spacial score (nSPS) is 11.7. The fourth-order valence-electron chi connectivity index (χ4n) is 7.65. The Hall–Kier alpha value is -6.58. The van der Waals surface area contributed by atoms with Crippen molar-refractivity contribution >= 4 is 71.6 Å². The van der Waals surface area contributed by atoms with Gasteiger partial charge in [-0.25, -0.2) is 0 Å². The van der Waals surface area contributed by atoms with Crippen molar-refractivity contribution in [3.05, 3.63) is 182 Å². The minimum Gasteiger partial charge on any atom is -0.456 e. The van der Waals surface area contributed by atoms with Crippen LogP contribution in [-0.2, 0) is 0 Å². The summed E-state index contributed by atoms with van der Waals surface area (Å²) in [4.78, 5) is 2.34. The van der Waals surface area contributed by atoms with Crippen LogP contribution in [0.15, 0.2) is 186 Å². The highest BCUT2D eigenvalue weighted by atomic mass is 16.3. The number of benzene rings is 8. The van der Waals surface area contributed by atoms with E-state index >= 15 is 0 Å². The zero-order valence-electron chi connectivity index (χ0n) is 26.6. The summed E-state index contributed by atoms with van der Waals surface area (Å²) in [5.74, 6) is 0. The lowest BCUT2D eigenvalue weighted by molar-refractivity contribution is 0.669. The van der Waals surface area contributed by atoms with Gasteiger partial charge >= 0.3 is 0 Å². The maximum Gasteiger partial charge on any atom is 0.137 e. The molecule has 0 N–H and O–H groups in total. The Bertz CT molecular complexity index is 2790. The molecule has 0 unspecified atom stereocenters. The van der Waals surface area contributed by atoms with Gasteiger partial charge < -0.3 is 13.9 Å². The van der Waals surface area contributed by atoms with Gasteiger partial charge in [-0.05, 0) is 65.5 Å². The third kappa shape index (κ3) is 4.29. The molecular formula is C46H30N2O. The average molecular weight is 627 g/mol. The van der Waals surface area contributed by atoms with Crippen LogP contribution >= 0.6 is 0 Å². The first-order valence-corrected chi connectivity index (χ1v) is 16.7. The maximum atomic E-state index is 6.36. The lowest BCUT2D eigenvalue weighted by Crippen LogP contribution is -2.10. The Balaban J connectivity index is 1.20. The largest absolute Gasteiger partial charge is 0.456 e. The molecule has 0 amide bonds. The molecule has 49 heavy (non-hydrogen) atoms. The number of anilines is 3. The highest BCUT2D eigenvalue weighted by Crippen LogP contribution is 2.45. The molecule has 10 aromatic rings. The third-order valence-corrected chi connectivity index (χ3v) is 9.79. The Morgan fingerprint density at radius 3 is 1.73 bits per heavy atom. The molecular weight excluding hydrogens is 597 g/mol. The summed E-state index contributed by atoms with van der Waals surface area (Å²) in [6.45, 7) is 0. The number of rotatable bonds is 5. The van der Waals surface area contributed by atoms with E-state index in [1.165, 1.54) is 43.7 Å². The summed E-state index contributed by atoms with van der Waals surface area (Å²) in [5.41, 5.74) is 11.0. The second-order valence-corrected chi connectivity index (χ2v) is 12.5. The van der Waals surface area contributed by atoms with E-state index < -0.39 is 0 Å². The number of furan rings is 1. The van der Waals surface area contributed by atoms with Crippen molar-refractivity contribution in [3.63, 3.8) is 0 Å². The van der Waals surface area contributed by atoms with Gasteiger partial charge in [-0.1, -0.05) is 121 Å². The molecule has 3 nitrogen and oxygen atoms in total. The molecule has 0 radical (unpaired) electrons. The van der Waals surface area contributed by atoms with Gasteiger partial charge in [0.05, 0.1) is 22.4 Å². The van der Waals surface area contributed by atoms with E-state index in [4.69, 9.17) is 4.42 Å². The van der Waals surface area contributed by atoms with Gasteiger partial charge in [0.2, 0.25) is 0 Å². The fourth-order valence-corrected chi connectivity index (χ4v) is 7.65. The zero-order chi connectivity index (χ0) is 32.3. The highest BCUT2D eigenvalue weighted by Gasteiger charge is 2.21. The minimum absolute atomic E-state index is 0.876. The smallest absolute Gasteiger partial charge is 0.137 e. The monoisotopic (exact) mass is 626 g/mol. The molecule has 0 aliphatic heterocycles. The summed E-state index contributed by atoms with van der Waals surface area (Å²) < 4.78 is 8.78. The summed E-state index contributed by atoms with van der Waals surface area (Å²) in [6, 6.07) is 65.0. The predicted molar refractivity (Wildman–Crippen MR) is 206 cm³/mol. The molecule has 10 rings (SSSR count). The van der Waals surface area contributed by atoms with Gasteiger partial charge in [-0.2, -0.15) is 0 Å². The van der Waals surface area contributed by atoms with E-state index in [2.05, 4.69) is 179 Å². The second kappa shape index (κ2) is 11.0. The number of nitrogens with zero attached hydrogens (tertiary/aromatic N) is 2. The van der Waals surface area contributed by atoms with Crippen LogP contribution in [0.3, 0.4) is 0 Å². The van der Waals surface area contributed by atoms with Crippen LogP contribution in [0, 0.1) is 0 Å². The standard InChI is InChI=1S/C46H30N2O/c1-2-14-31(15-3-1)47(32-26-27-40-39-21-9-13-25-45(39)49-46(40)30-32)44-29-28-34(33-16-4-5-17-35(33)44)36-18-6-10-22-41(36)48-42-23-11-7-19-37(42)38-20-8-12-24-43(38)48/h1-30H. The van der Waals surface area contributed by atoms with Crippen molar-refractivity contribution in [1.82, 2.24) is 4.57 Å². The van der Waals surface area contributed by atoms with Crippen LogP contribution in [0.2, 0.25) is 0 Å². The molecule has 0 bridgehead atoms. The van der Waals surface area contributed by atoms with Crippen LogP contribution in [0.1, 0.15) is 0 Å². The van der Waals surface area contributed by atoms with Crippen molar-refractivity contribution in [1.29, 1.82) is 0 Å². The van der Waals surface area contributed by atoms with E-state index in [9.17, 15) is 0 Å². The summed E-state index contributed by atoms with van der Waals surface area (Å²) in [5, 5.41) is 7.13. The van der Waals surface area contributed by atoms with E-state index in [1.807, 2.05) is 12.1 Å². The lowest BCUT2D eigenvalue weighted by Gasteiger charge is -2.27. The van der Waals surface area contributed by atoms with E-state index in [0.29, 0.717) is 0 Å². The van der Waals surface area contributed by atoms with Crippen molar-refractivity contribution in [3.8, 4) is 16.8 Å². The molecule has 0 saturated carbocycles. The molecule has 0 atom stereocenters. The summed E-state index contributed by atoms with van der Waals surface area (Å²) >= 11 is 0. The average Bonchev–Trinajstić information content (AvgIpc) is 3.71. The predicted octanol–water partition coefficient (Wildman–Crippen LogP) is 13.0. The molecule has 0 spiro atoms. The maximum absolute atomic E-state index is 6.36. The number of fused-ring (bicyclic) bond motifs is 7. The third-order valence-electron chi connectivity index (χ3n) is 9.79. The van der Waals surface area contributed by atoms with Gasteiger partial charge in [0.1, 0.15) is 11.2 Å². The van der Waals surface area contributed by atoms with Crippen LogP contribution in [0.4, 0.5) is 17.1 Å². The number of para-hydroxylation sites is 5. The molecule has 230 valence electrons. The summed E-state index contributed by atoms with van der Waals surface area (Å²) in [6.07, 6.45) is 0.